The third-order valence-electron chi connectivity index (χ3n) is 1.80. The molecule has 0 amide bonds. The number of benzene rings is 2. The highest BCUT2D eigenvalue weighted by molar-refractivity contribution is 6.32. The minimum atomic E-state index is 0.525. The summed E-state index contributed by atoms with van der Waals surface area (Å²) >= 11 is 11.8. The molecule has 0 aliphatic heterocycles. The SMILES string of the molecule is Clc1cccc(Oc2cc[c]cc2Cl)c1. The van der Waals surface area contributed by atoms with Crippen LogP contribution in [0.4, 0.5) is 0 Å². The summed E-state index contributed by atoms with van der Waals surface area (Å²) in [6, 6.07) is 15.2. The first-order chi connectivity index (χ1) is 7.25. The molecule has 2 aromatic rings. The fourth-order valence-electron chi connectivity index (χ4n) is 1.14. The Morgan fingerprint density at radius 2 is 2.00 bits per heavy atom. The minimum absolute atomic E-state index is 0.525. The van der Waals surface area contributed by atoms with Crippen LogP contribution < -0.4 is 4.74 Å². The Kier molecular flexibility index (Phi) is 3.14. The lowest BCUT2D eigenvalue weighted by atomic mass is 10.3. The molecular weight excluding hydrogens is 231 g/mol. The fourth-order valence-corrected chi connectivity index (χ4v) is 1.48. The molecule has 0 aromatic heterocycles. The van der Waals surface area contributed by atoms with E-state index in [9.17, 15) is 0 Å². The summed E-state index contributed by atoms with van der Waals surface area (Å²) in [4.78, 5) is 0. The topological polar surface area (TPSA) is 9.23 Å². The maximum absolute atomic E-state index is 5.92. The van der Waals surface area contributed by atoms with Gasteiger partial charge in [-0.25, -0.2) is 0 Å². The first-order valence-electron chi connectivity index (χ1n) is 4.35. The molecule has 75 valence electrons. The van der Waals surface area contributed by atoms with Crippen molar-refractivity contribution in [3.8, 4) is 11.5 Å². The normalized spacial score (nSPS) is 10.0. The van der Waals surface area contributed by atoms with Gasteiger partial charge in [0.2, 0.25) is 0 Å². The van der Waals surface area contributed by atoms with Gasteiger partial charge >= 0.3 is 0 Å². The summed E-state index contributed by atoms with van der Waals surface area (Å²) in [5, 5.41) is 1.16. The fraction of sp³-hybridized carbons (Fsp3) is 0. The van der Waals surface area contributed by atoms with Crippen molar-refractivity contribution in [1.29, 1.82) is 0 Å². The Morgan fingerprint density at radius 1 is 1.13 bits per heavy atom. The van der Waals surface area contributed by atoms with Crippen LogP contribution in [0.3, 0.4) is 0 Å². The quantitative estimate of drug-likeness (QED) is 0.743. The first kappa shape index (κ1) is 10.3. The van der Waals surface area contributed by atoms with Crippen LogP contribution in [0.15, 0.2) is 42.5 Å². The van der Waals surface area contributed by atoms with E-state index in [-0.39, 0.29) is 0 Å². The molecule has 0 heterocycles. The van der Waals surface area contributed by atoms with E-state index in [1.165, 1.54) is 0 Å². The predicted molar refractivity (Wildman–Crippen MR) is 61.8 cm³/mol. The van der Waals surface area contributed by atoms with Crippen molar-refractivity contribution >= 4 is 23.2 Å². The lowest BCUT2D eigenvalue weighted by Gasteiger charge is -2.06. The number of hydrogen-bond donors (Lipinski definition) is 0. The second-order valence-electron chi connectivity index (χ2n) is 2.92. The Balaban J connectivity index is 2.26. The maximum atomic E-state index is 5.92. The molecule has 1 nitrogen and oxygen atoms in total. The van der Waals surface area contributed by atoms with E-state index in [2.05, 4.69) is 6.07 Å². The van der Waals surface area contributed by atoms with E-state index >= 15 is 0 Å². The summed E-state index contributed by atoms with van der Waals surface area (Å²) in [7, 11) is 0. The monoisotopic (exact) mass is 237 g/mol. The summed E-state index contributed by atoms with van der Waals surface area (Å²) < 4.78 is 5.55. The number of hydrogen-bond acceptors (Lipinski definition) is 1. The molecule has 0 N–H and O–H groups in total. The largest absolute Gasteiger partial charge is 0.456 e. The molecule has 1 radical (unpaired) electrons. The molecule has 15 heavy (non-hydrogen) atoms. The maximum Gasteiger partial charge on any atom is 0.146 e. The van der Waals surface area contributed by atoms with E-state index in [0.29, 0.717) is 21.5 Å². The molecular formula is C12H7Cl2O. The van der Waals surface area contributed by atoms with Crippen LogP contribution in [0.25, 0.3) is 0 Å². The molecule has 0 saturated carbocycles. The second kappa shape index (κ2) is 4.56. The van der Waals surface area contributed by atoms with Gasteiger partial charge in [0.15, 0.2) is 0 Å². The van der Waals surface area contributed by atoms with Gasteiger partial charge in [0.1, 0.15) is 11.5 Å². The van der Waals surface area contributed by atoms with Crippen molar-refractivity contribution in [3.05, 3.63) is 58.6 Å². The average molecular weight is 238 g/mol. The van der Waals surface area contributed by atoms with Crippen LogP contribution in [0.1, 0.15) is 0 Å². The van der Waals surface area contributed by atoms with Crippen molar-refractivity contribution in [1.82, 2.24) is 0 Å². The van der Waals surface area contributed by atoms with Crippen LogP contribution in [-0.2, 0) is 0 Å². The van der Waals surface area contributed by atoms with Crippen LogP contribution in [0.5, 0.6) is 11.5 Å². The summed E-state index contributed by atoms with van der Waals surface area (Å²) in [6.07, 6.45) is 0. The molecule has 0 aliphatic carbocycles. The van der Waals surface area contributed by atoms with Crippen molar-refractivity contribution in [2.45, 2.75) is 0 Å². The van der Waals surface area contributed by atoms with Gasteiger partial charge in [-0.1, -0.05) is 35.3 Å². The molecule has 2 aromatic carbocycles. The van der Waals surface area contributed by atoms with Gasteiger partial charge in [-0.2, -0.15) is 0 Å². The predicted octanol–water partition coefficient (Wildman–Crippen LogP) is 4.59. The highest BCUT2D eigenvalue weighted by atomic mass is 35.5. The third kappa shape index (κ3) is 2.65. The lowest BCUT2D eigenvalue weighted by Crippen LogP contribution is -1.84. The van der Waals surface area contributed by atoms with Crippen LogP contribution >= 0.6 is 23.2 Å². The second-order valence-corrected chi connectivity index (χ2v) is 3.76. The summed E-state index contributed by atoms with van der Waals surface area (Å²) in [5.74, 6) is 1.26. The minimum Gasteiger partial charge on any atom is -0.456 e. The van der Waals surface area contributed by atoms with Crippen LogP contribution in [0, 0.1) is 6.07 Å². The highest BCUT2D eigenvalue weighted by Crippen LogP contribution is 2.29. The van der Waals surface area contributed by atoms with Gasteiger partial charge in [-0.15, -0.1) is 0 Å². The zero-order chi connectivity index (χ0) is 10.7. The van der Waals surface area contributed by atoms with Crippen molar-refractivity contribution in [3.63, 3.8) is 0 Å². The van der Waals surface area contributed by atoms with E-state index < -0.39 is 0 Å². The van der Waals surface area contributed by atoms with E-state index in [1.54, 1.807) is 30.3 Å². The van der Waals surface area contributed by atoms with Gasteiger partial charge in [-0.05, 0) is 36.4 Å². The molecule has 0 saturated heterocycles. The number of ether oxygens (including phenoxy) is 1. The lowest BCUT2D eigenvalue weighted by molar-refractivity contribution is 0.483. The van der Waals surface area contributed by atoms with Crippen LogP contribution in [0.2, 0.25) is 10.0 Å². The van der Waals surface area contributed by atoms with Crippen molar-refractivity contribution in [2.75, 3.05) is 0 Å². The zero-order valence-corrected chi connectivity index (χ0v) is 9.22. The van der Waals surface area contributed by atoms with E-state index in [4.69, 9.17) is 27.9 Å². The first-order valence-corrected chi connectivity index (χ1v) is 5.10. The summed E-state index contributed by atoms with van der Waals surface area (Å²) in [6.45, 7) is 0. The molecule has 0 spiro atoms. The average Bonchev–Trinajstić information content (AvgIpc) is 2.22. The van der Waals surface area contributed by atoms with Crippen molar-refractivity contribution in [2.24, 2.45) is 0 Å². The Labute approximate surface area is 98.2 Å². The Morgan fingerprint density at radius 3 is 2.73 bits per heavy atom. The smallest absolute Gasteiger partial charge is 0.146 e. The molecule has 0 unspecified atom stereocenters. The molecule has 0 atom stereocenters. The Hall–Kier alpha value is -1.18. The van der Waals surface area contributed by atoms with Gasteiger partial charge < -0.3 is 4.74 Å². The van der Waals surface area contributed by atoms with Gasteiger partial charge in [0.25, 0.3) is 0 Å². The highest BCUT2D eigenvalue weighted by Gasteiger charge is 2.01. The van der Waals surface area contributed by atoms with Crippen molar-refractivity contribution < 1.29 is 4.74 Å². The molecule has 0 aliphatic rings. The van der Waals surface area contributed by atoms with Gasteiger partial charge in [-0.3, -0.25) is 0 Å². The third-order valence-corrected chi connectivity index (χ3v) is 2.33. The summed E-state index contributed by atoms with van der Waals surface area (Å²) in [5.41, 5.74) is 0. The standard InChI is InChI=1S/C12H7Cl2O/c13-9-4-3-5-10(8-9)15-12-7-2-1-6-11(12)14/h2-8H. The molecule has 0 fully saturated rings. The van der Waals surface area contributed by atoms with Crippen LogP contribution in [-0.4, -0.2) is 0 Å². The molecule has 3 heteroatoms. The zero-order valence-electron chi connectivity index (χ0n) is 7.71. The number of halogens is 2. The number of rotatable bonds is 2. The van der Waals surface area contributed by atoms with Gasteiger partial charge in [0, 0.05) is 5.02 Å². The van der Waals surface area contributed by atoms with E-state index in [1.807, 2.05) is 12.1 Å². The van der Waals surface area contributed by atoms with E-state index in [0.717, 1.165) is 0 Å². The molecule has 0 bridgehead atoms. The molecule has 2 rings (SSSR count). The Bertz CT molecular complexity index is 469. The van der Waals surface area contributed by atoms with Gasteiger partial charge in [0.05, 0.1) is 5.02 Å².